The van der Waals surface area contributed by atoms with Crippen molar-refractivity contribution in [2.75, 3.05) is 6.26 Å². The molecule has 1 atom stereocenters. The Balaban J connectivity index is 1.94. The second-order valence-electron chi connectivity index (χ2n) is 4.64. The molecule has 0 unspecified atom stereocenters. The van der Waals surface area contributed by atoms with Crippen LogP contribution in [0.1, 0.15) is 31.1 Å². The molecule has 5 nitrogen and oxygen atoms in total. The van der Waals surface area contributed by atoms with Crippen molar-refractivity contribution in [1.82, 2.24) is 4.41 Å². The number of rotatable bonds is 3. The molecule has 0 saturated heterocycles. The summed E-state index contributed by atoms with van der Waals surface area (Å²) in [5, 5.41) is 4.26. The van der Waals surface area contributed by atoms with Crippen LogP contribution in [0.15, 0.2) is 27.9 Å². The number of furan rings is 1. The lowest BCUT2D eigenvalue weighted by molar-refractivity contribution is 0.322. The van der Waals surface area contributed by atoms with E-state index in [2.05, 4.69) is 5.10 Å². The van der Waals surface area contributed by atoms with Crippen LogP contribution in [0.3, 0.4) is 0 Å². The lowest BCUT2D eigenvalue weighted by Crippen LogP contribution is -2.25. The topological polar surface area (TPSA) is 62.9 Å². The predicted molar refractivity (Wildman–Crippen MR) is 62.9 cm³/mol. The highest BCUT2D eigenvalue weighted by Crippen LogP contribution is 2.41. The van der Waals surface area contributed by atoms with Gasteiger partial charge in [-0.15, -0.1) is 0 Å². The van der Waals surface area contributed by atoms with E-state index >= 15 is 0 Å². The van der Waals surface area contributed by atoms with Crippen molar-refractivity contribution in [2.45, 2.75) is 25.3 Å². The number of hydrogen-bond acceptors (Lipinski definition) is 4. The maximum atomic E-state index is 11.7. The van der Waals surface area contributed by atoms with Crippen molar-refractivity contribution in [3.8, 4) is 0 Å². The molecule has 92 valence electrons. The summed E-state index contributed by atoms with van der Waals surface area (Å²) in [5.74, 6) is 1.15. The molecule has 17 heavy (non-hydrogen) atoms. The molecule has 6 heteroatoms. The molecule has 1 aromatic heterocycles. The quantitative estimate of drug-likeness (QED) is 0.825. The monoisotopic (exact) mass is 254 g/mol. The molecule has 2 heterocycles. The highest BCUT2D eigenvalue weighted by Gasteiger charge is 2.40. The SMILES string of the molecule is CS(=O)(=O)N1N=C(C2CC2)C[C@@H]1c1ccco1. The highest BCUT2D eigenvalue weighted by atomic mass is 32.2. The van der Waals surface area contributed by atoms with E-state index in [0.29, 0.717) is 18.1 Å². The molecule has 1 fully saturated rings. The Hall–Kier alpha value is -1.30. The summed E-state index contributed by atoms with van der Waals surface area (Å²) in [6.45, 7) is 0. The zero-order chi connectivity index (χ0) is 12.0. The van der Waals surface area contributed by atoms with Crippen LogP contribution in [0.25, 0.3) is 0 Å². The molecule has 0 aromatic carbocycles. The van der Waals surface area contributed by atoms with Crippen LogP contribution in [0, 0.1) is 5.92 Å². The van der Waals surface area contributed by atoms with Crippen LogP contribution in [0.2, 0.25) is 0 Å². The molecule has 0 bridgehead atoms. The smallest absolute Gasteiger partial charge is 0.247 e. The van der Waals surface area contributed by atoms with Gasteiger partial charge in [0.05, 0.1) is 12.5 Å². The molecule has 1 saturated carbocycles. The minimum atomic E-state index is -3.33. The first-order chi connectivity index (χ1) is 8.05. The summed E-state index contributed by atoms with van der Waals surface area (Å²) in [6.07, 6.45) is 5.65. The third kappa shape index (κ3) is 1.97. The normalized spacial score (nSPS) is 25.1. The fraction of sp³-hybridized carbons (Fsp3) is 0.545. The Bertz CT molecular complexity index is 543. The third-order valence-corrected chi connectivity index (χ3v) is 4.17. The average Bonchev–Trinajstić information content (AvgIpc) is 2.82. The summed E-state index contributed by atoms with van der Waals surface area (Å²) in [4.78, 5) is 0. The zero-order valence-electron chi connectivity index (χ0n) is 9.54. The van der Waals surface area contributed by atoms with Gasteiger partial charge < -0.3 is 4.42 Å². The summed E-state index contributed by atoms with van der Waals surface area (Å²) >= 11 is 0. The molecule has 1 aliphatic carbocycles. The average molecular weight is 254 g/mol. The van der Waals surface area contributed by atoms with Gasteiger partial charge in [-0.1, -0.05) is 0 Å². The number of hydrogen-bond donors (Lipinski definition) is 0. The van der Waals surface area contributed by atoms with Gasteiger partial charge in [0.15, 0.2) is 0 Å². The van der Waals surface area contributed by atoms with Crippen LogP contribution >= 0.6 is 0 Å². The molecule has 0 spiro atoms. The van der Waals surface area contributed by atoms with Crippen LogP contribution in [0.5, 0.6) is 0 Å². The summed E-state index contributed by atoms with van der Waals surface area (Å²) in [6, 6.07) is 3.27. The van der Waals surface area contributed by atoms with Crippen molar-refractivity contribution >= 4 is 15.7 Å². The van der Waals surface area contributed by atoms with E-state index in [4.69, 9.17) is 4.42 Å². The van der Waals surface area contributed by atoms with E-state index in [0.717, 1.165) is 18.6 Å². The van der Waals surface area contributed by atoms with Gasteiger partial charge in [0.1, 0.15) is 11.8 Å². The van der Waals surface area contributed by atoms with E-state index in [1.165, 1.54) is 10.7 Å². The van der Waals surface area contributed by atoms with Crippen molar-refractivity contribution in [3.05, 3.63) is 24.2 Å². The van der Waals surface area contributed by atoms with Crippen molar-refractivity contribution in [3.63, 3.8) is 0 Å². The Kier molecular flexibility index (Phi) is 2.29. The second kappa shape index (κ2) is 3.60. The fourth-order valence-electron chi connectivity index (χ4n) is 2.17. The lowest BCUT2D eigenvalue weighted by Gasteiger charge is -2.18. The van der Waals surface area contributed by atoms with Crippen molar-refractivity contribution in [1.29, 1.82) is 0 Å². The highest BCUT2D eigenvalue weighted by molar-refractivity contribution is 7.88. The number of sulfonamides is 1. The van der Waals surface area contributed by atoms with E-state index in [1.807, 2.05) is 0 Å². The van der Waals surface area contributed by atoms with Gasteiger partial charge in [-0.3, -0.25) is 0 Å². The van der Waals surface area contributed by atoms with E-state index < -0.39 is 10.0 Å². The zero-order valence-corrected chi connectivity index (χ0v) is 10.4. The van der Waals surface area contributed by atoms with Crippen LogP contribution in [0.4, 0.5) is 0 Å². The van der Waals surface area contributed by atoms with E-state index in [-0.39, 0.29) is 6.04 Å². The molecule has 0 amide bonds. The predicted octanol–water partition coefficient (Wildman–Crippen LogP) is 1.75. The molecule has 2 aliphatic rings. The first-order valence-corrected chi connectivity index (χ1v) is 7.51. The Morgan fingerprint density at radius 2 is 2.24 bits per heavy atom. The first kappa shape index (κ1) is 10.8. The maximum Gasteiger partial charge on any atom is 0.247 e. The van der Waals surface area contributed by atoms with Gasteiger partial charge >= 0.3 is 0 Å². The van der Waals surface area contributed by atoms with Crippen molar-refractivity contribution in [2.24, 2.45) is 11.0 Å². The molecule has 0 radical (unpaired) electrons. The Morgan fingerprint density at radius 3 is 2.76 bits per heavy atom. The lowest BCUT2D eigenvalue weighted by atomic mass is 10.1. The third-order valence-electron chi connectivity index (χ3n) is 3.16. The minimum absolute atomic E-state index is 0.296. The molecule has 3 rings (SSSR count). The Morgan fingerprint density at radius 1 is 1.47 bits per heavy atom. The number of hydrazone groups is 1. The fourth-order valence-corrected chi connectivity index (χ4v) is 3.07. The standard InChI is InChI=1S/C11H14N2O3S/c1-17(14,15)13-10(11-3-2-6-16-11)7-9(12-13)8-4-5-8/h2-3,6,8,10H,4-5,7H2,1H3/t10-/m1/s1. The summed E-state index contributed by atoms with van der Waals surface area (Å²) in [7, 11) is -3.33. The summed E-state index contributed by atoms with van der Waals surface area (Å²) in [5.41, 5.74) is 0.997. The van der Waals surface area contributed by atoms with Gasteiger partial charge in [-0.05, 0) is 30.9 Å². The molecule has 1 aliphatic heterocycles. The van der Waals surface area contributed by atoms with Crippen LogP contribution < -0.4 is 0 Å². The van der Waals surface area contributed by atoms with Gasteiger partial charge in [-0.2, -0.15) is 9.52 Å². The summed E-state index contributed by atoms with van der Waals surface area (Å²) < 4.78 is 29.9. The minimum Gasteiger partial charge on any atom is -0.467 e. The second-order valence-corrected chi connectivity index (χ2v) is 6.48. The van der Waals surface area contributed by atoms with E-state index in [9.17, 15) is 8.42 Å². The van der Waals surface area contributed by atoms with E-state index in [1.54, 1.807) is 18.4 Å². The molecular weight excluding hydrogens is 240 g/mol. The largest absolute Gasteiger partial charge is 0.467 e. The van der Waals surface area contributed by atoms with Gasteiger partial charge in [-0.25, -0.2) is 8.42 Å². The Labute approximate surface area is 100 Å². The first-order valence-electron chi connectivity index (χ1n) is 5.66. The maximum absolute atomic E-state index is 11.7. The van der Waals surface area contributed by atoms with Gasteiger partial charge in [0.25, 0.3) is 0 Å². The number of nitrogens with zero attached hydrogens (tertiary/aromatic N) is 2. The molecule has 0 N–H and O–H groups in total. The van der Waals surface area contributed by atoms with Crippen molar-refractivity contribution < 1.29 is 12.8 Å². The molecular formula is C11H14N2O3S. The molecule has 1 aromatic rings. The van der Waals surface area contributed by atoms with Crippen LogP contribution in [-0.2, 0) is 10.0 Å². The van der Waals surface area contributed by atoms with Gasteiger partial charge in [0, 0.05) is 12.1 Å². The van der Waals surface area contributed by atoms with Gasteiger partial charge in [0.2, 0.25) is 10.0 Å². The van der Waals surface area contributed by atoms with Crippen LogP contribution in [-0.4, -0.2) is 24.8 Å².